The monoisotopic (exact) mass is 188 g/mol. The van der Waals surface area contributed by atoms with Crippen molar-refractivity contribution in [3.8, 4) is 5.75 Å². The predicted molar refractivity (Wildman–Crippen MR) is 49.6 cm³/mol. The summed E-state index contributed by atoms with van der Waals surface area (Å²) in [7, 11) is 0. The van der Waals surface area contributed by atoms with E-state index in [1.54, 1.807) is 23.9 Å². The second-order valence-corrected chi connectivity index (χ2v) is 3.51. The topological polar surface area (TPSA) is 20.2 Å². The van der Waals surface area contributed by atoms with Crippen LogP contribution in [0.2, 0.25) is 5.02 Å². The number of benzene rings is 1. The summed E-state index contributed by atoms with van der Waals surface area (Å²) in [6.07, 6.45) is 1.96. The van der Waals surface area contributed by atoms with E-state index in [-0.39, 0.29) is 5.75 Å². The van der Waals surface area contributed by atoms with E-state index >= 15 is 0 Å². The lowest BCUT2D eigenvalue weighted by molar-refractivity contribution is 0.473. The van der Waals surface area contributed by atoms with Gasteiger partial charge in [0.1, 0.15) is 5.75 Å². The molecule has 0 heterocycles. The van der Waals surface area contributed by atoms with Crippen molar-refractivity contribution in [1.82, 2.24) is 0 Å². The van der Waals surface area contributed by atoms with Crippen LogP contribution in [0.4, 0.5) is 0 Å². The lowest BCUT2D eigenvalue weighted by Gasteiger charge is -2.04. The van der Waals surface area contributed by atoms with Crippen LogP contribution in [0.15, 0.2) is 17.0 Å². The van der Waals surface area contributed by atoms with Crippen LogP contribution in [-0.2, 0) is 0 Å². The van der Waals surface area contributed by atoms with Gasteiger partial charge in [0.15, 0.2) is 0 Å². The Morgan fingerprint density at radius 1 is 1.45 bits per heavy atom. The van der Waals surface area contributed by atoms with Crippen LogP contribution in [0.25, 0.3) is 0 Å². The fourth-order valence-electron chi connectivity index (χ4n) is 0.852. The molecule has 0 aromatic heterocycles. The largest absolute Gasteiger partial charge is 0.508 e. The second kappa shape index (κ2) is 3.37. The first-order chi connectivity index (χ1) is 5.15. The van der Waals surface area contributed by atoms with Crippen LogP contribution < -0.4 is 0 Å². The third-order valence-electron chi connectivity index (χ3n) is 1.50. The lowest BCUT2D eigenvalue weighted by Crippen LogP contribution is -1.79. The van der Waals surface area contributed by atoms with Gasteiger partial charge < -0.3 is 5.11 Å². The smallest absolute Gasteiger partial charge is 0.118 e. The van der Waals surface area contributed by atoms with Gasteiger partial charge in [0.2, 0.25) is 0 Å². The van der Waals surface area contributed by atoms with Gasteiger partial charge in [-0.2, -0.15) is 0 Å². The maximum absolute atomic E-state index is 9.15. The van der Waals surface area contributed by atoms with Crippen molar-refractivity contribution in [1.29, 1.82) is 0 Å². The second-order valence-electron chi connectivity index (χ2n) is 2.25. The molecule has 0 atom stereocenters. The molecule has 0 bridgehead atoms. The van der Waals surface area contributed by atoms with E-state index in [9.17, 15) is 0 Å². The Bertz CT molecular complexity index is 273. The zero-order valence-electron chi connectivity index (χ0n) is 6.39. The number of phenols is 1. The molecule has 0 saturated carbocycles. The van der Waals surface area contributed by atoms with Gasteiger partial charge in [-0.1, -0.05) is 11.6 Å². The minimum atomic E-state index is 0.227. The highest BCUT2D eigenvalue weighted by atomic mass is 35.5. The molecule has 11 heavy (non-hydrogen) atoms. The van der Waals surface area contributed by atoms with Gasteiger partial charge in [0, 0.05) is 9.92 Å². The predicted octanol–water partition coefficient (Wildman–Crippen LogP) is 3.08. The van der Waals surface area contributed by atoms with Crippen molar-refractivity contribution < 1.29 is 5.11 Å². The Morgan fingerprint density at radius 2 is 2.09 bits per heavy atom. The van der Waals surface area contributed by atoms with Gasteiger partial charge >= 0.3 is 0 Å². The molecule has 60 valence electrons. The van der Waals surface area contributed by atoms with Crippen LogP contribution in [0, 0.1) is 6.92 Å². The highest BCUT2D eigenvalue weighted by molar-refractivity contribution is 7.98. The van der Waals surface area contributed by atoms with E-state index in [1.807, 2.05) is 13.2 Å². The number of thioether (sulfide) groups is 1. The molecule has 0 aliphatic rings. The zero-order chi connectivity index (χ0) is 8.43. The number of rotatable bonds is 1. The van der Waals surface area contributed by atoms with Crippen LogP contribution in [-0.4, -0.2) is 11.4 Å². The minimum absolute atomic E-state index is 0.227. The van der Waals surface area contributed by atoms with Crippen LogP contribution in [0.5, 0.6) is 5.75 Å². The minimum Gasteiger partial charge on any atom is -0.508 e. The first kappa shape index (κ1) is 8.75. The summed E-state index contributed by atoms with van der Waals surface area (Å²) in [6.45, 7) is 1.94. The molecule has 0 unspecified atom stereocenters. The molecule has 1 aromatic rings. The number of aromatic hydroxyl groups is 1. The number of phenolic OH excluding ortho intramolecular Hbond substituents is 1. The molecule has 0 spiro atoms. The highest BCUT2D eigenvalue weighted by Crippen LogP contribution is 2.30. The van der Waals surface area contributed by atoms with Gasteiger partial charge in [-0.3, -0.25) is 0 Å². The molecule has 0 amide bonds. The Labute approximate surface area is 75.4 Å². The average molecular weight is 189 g/mol. The normalized spacial score (nSPS) is 10.1. The summed E-state index contributed by atoms with van der Waals surface area (Å²) >= 11 is 7.40. The van der Waals surface area contributed by atoms with Crippen LogP contribution >= 0.6 is 23.4 Å². The van der Waals surface area contributed by atoms with Crippen molar-refractivity contribution in [2.45, 2.75) is 11.8 Å². The zero-order valence-corrected chi connectivity index (χ0v) is 7.96. The SMILES string of the molecule is CSc1cc(O)cc(Cl)c1C. The summed E-state index contributed by atoms with van der Waals surface area (Å²) < 4.78 is 0. The molecule has 1 N–H and O–H groups in total. The molecule has 0 saturated heterocycles. The summed E-state index contributed by atoms with van der Waals surface area (Å²) in [4.78, 5) is 1.02. The quantitative estimate of drug-likeness (QED) is 0.684. The number of hydrogen-bond donors (Lipinski definition) is 1. The maximum atomic E-state index is 9.15. The molecular weight excluding hydrogens is 180 g/mol. The Hall–Kier alpha value is -0.340. The molecule has 0 aliphatic heterocycles. The van der Waals surface area contributed by atoms with Crippen molar-refractivity contribution in [3.05, 3.63) is 22.7 Å². The number of hydrogen-bond acceptors (Lipinski definition) is 2. The summed E-state index contributed by atoms with van der Waals surface area (Å²) in [5.41, 5.74) is 1.02. The third kappa shape index (κ3) is 1.82. The van der Waals surface area contributed by atoms with Crippen molar-refractivity contribution in [2.24, 2.45) is 0 Å². The van der Waals surface area contributed by atoms with Crippen molar-refractivity contribution in [3.63, 3.8) is 0 Å². The number of halogens is 1. The lowest BCUT2D eigenvalue weighted by atomic mass is 10.2. The Morgan fingerprint density at radius 3 is 2.64 bits per heavy atom. The van der Waals surface area contributed by atoms with Crippen LogP contribution in [0.3, 0.4) is 0 Å². The van der Waals surface area contributed by atoms with E-state index in [0.29, 0.717) is 5.02 Å². The Balaban J connectivity index is 3.24. The van der Waals surface area contributed by atoms with Crippen LogP contribution in [0.1, 0.15) is 5.56 Å². The Kier molecular flexibility index (Phi) is 2.68. The standard InChI is InChI=1S/C8H9ClOS/c1-5-7(9)3-6(10)4-8(5)11-2/h3-4,10H,1-2H3. The molecule has 0 fully saturated rings. The molecule has 1 aromatic carbocycles. The van der Waals surface area contributed by atoms with E-state index < -0.39 is 0 Å². The van der Waals surface area contributed by atoms with Gasteiger partial charge in [0.05, 0.1) is 0 Å². The first-order valence-electron chi connectivity index (χ1n) is 3.18. The van der Waals surface area contributed by atoms with Gasteiger partial charge in [0.25, 0.3) is 0 Å². The van der Waals surface area contributed by atoms with Gasteiger partial charge in [-0.15, -0.1) is 11.8 Å². The fraction of sp³-hybridized carbons (Fsp3) is 0.250. The molecule has 0 aliphatic carbocycles. The molecule has 1 nitrogen and oxygen atoms in total. The first-order valence-corrected chi connectivity index (χ1v) is 4.78. The fourth-order valence-corrected chi connectivity index (χ4v) is 1.78. The summed E-state index contributed by atoms with van der Waals surface area (Å²) in [5.74, 6) is 0.227. The van der Waals surface area contributed by atoms with Crippen molar-refractivity contribution >= 4 is 23.4 Å². The van der Waals surface area contributed by atoms with Crippen molar-refractivity contribution in [2.75, 3.05) is 6.26 Å². The third-order valence-corrected chi connectivity index (χ3v) is 2.76. The van der Waals surface area contributed by atoms with E-state index in [4.69, 9.17) is 16.7 Å². The van der Waals surface area contributed by atoms with E-state index in [2.05, 4.69) is 0 Å². The van der Waals surface area contributed by atoms with E-state index in [0.717, 1.165) is 10.5 Å². The molecule has 0 radical (unpaired) electrons. The highest BCUT2D eigenvalue weighted by Gasteiger charge is 2.03. The summed E-state index contributed by atoms with van der Waals surface area (Å²) in [5, 5.41) is 9.77. The molecular formula is C8H9ClOS. The van der Waals surface area contributed by atoms with E-state index in [1.165, 1.54) is 0 Å². The average Bonchev–Trinajstić information content (AvgIpc) is 1.96. The molecule has 3 heteroatoms. The molecule has 1 rings (SSSR count). The van der Waals surface area contributed by atoms with Gasteiger partial charge in [-0.05, 0) is 30.9 Å². The maximum Gasteiger partial charge on any atom is 0.118 e. The summed E-state index contributed by atoms with van der Waals surface area (Å²) in [6, 6.07) is 3.27. The van der Waals surface area contributed by atoms with Gasteiger partial charge in [-0.25, -0.2) is 0 Å².